The molecule has 3 N–H and O–H groups in total. The van der Waals surface area contributed by atoms with Gasteiger partial charge in [0.05, 0.1) is 36.7 Å². The minimum atomic E-state index is -0.177. The van der Waals surface area contributed by atoms with Gasteiger partial charge in [-0.2, -0.15) is 15.0 Å². The Labute approximate surface area is 757 Å². The molecular weight excluding hydrogens is 1650 g/mol. The molecule has 31 heteroatoms. The van der Waals surface area contributed by atoms with Gasteiger partial charge in [0.2, 0.25) is 41.5 Å². The summed E-state index contributed by atoms with van der Waals surface area (Å²) in [6, 6.07) is 49.7. The Balaban J connectivity index is 0.000000132. The number of likely N-dealkylation sites (N-methyl/N-ethyl adjacent to an activating group) is 1. The van der Waals surface area contributed by atoms with Gasteiger partial charge >= 0.3 is 0 Å². The molecule has 5 aliphatic heterocycles. The lowest BCUT2D eigenvalue weighted by molar-refractivity contribution is -0.130. The van der Waals surface area contributed by atoms with E-state index < -0.39 is 0 Å². The van der Waals surface area contributed by atoms with E-state index >= 15 is 0 Å². The second-order valence-electron chi connectivity index (χ2n) is 34.9. The highest BCUT2D eigenvalue weighted by Crippen LogP contribution is 2.36. The zero-order chi connectivity index (χ0) is 90.7. The molecule has 31 nitrogen and oxygen atoms in total. The highest BCUT2D eigenvalue weighted by atomic mass is 16.2. The number of carbonyl (C=O) groups excluding carboxylic acids is 4. The van der Waals surface area contributed by atoms with Crippen molar-refractivity contribution in [1.82, 2.24) is 86.4 Å². The standard InChI is InChI=1S/C35H40N8O2.C34H36N8O3.C31H34N8O2/c1-24(2)39-18-14-28(15-19-39)41-20-13-26-21-27(11-12-32(26)41)37-35-36-23-31-33(38-35)43-30-10-8-9-29(22-30)40(25(3)44)16-6-4-5-7-17-42(43)34(31)45;1-23(43)38-17-13-27(14-18-38)40-19-12-25-20-26(10-11-31(25)40)36-34-35-22-30-32(37-34)42-29-9-7-8-28(21-29)39(24(2)44)15-5-3-4-6-16-41(42)33(30)45;1-22(40)37-14-6-4-5-7-15-38-30(41)27-21-32-31(34-29(27)39(38)26-10-8-9-25(37)20-26)33-24-11-12-28-23(19-24)13-16-36(28)18-17-35(2)3/h5,7-13,20-24,28H,4,6,14-19H2,1-3H3,(H,36,37,38);4,6-12,19-22,27H,3,5,13-18H2,1-2H3,(H,35,36,37);5,7-13,16,19-21H,4,6,14-15,17-18H2,1-3H3,(H,32,33,34). The number of hydrogen-bond acceptors (Lipinski definition) is 18. The number of fused-ring (bicyclic) bond motifs is 21. The van der Waals surface area contributed by atoms with Crippen molar-refractivity contribution in [2.24, 2.45) is 0 Å². The van der Waals surface area contributed by atoms with Crippen LogP contribution in [0.4, 0.5) is 52.0 Å². The monoisotopic (exact) mass is 1760 g/mol. The Morgan fingerprint density at radius 2 is 0.756 bits per heavy atom. The van der Waals surface area contributed by atoms with E-state index in [0.29, 0.717) is 108 Å². The van der Waals surface area contributed by atoms with Gasteiger partial charge in [0, 0.05) is 209 Å². The number of nitrogens with zero attached hydrogens (tertiary/aromatic N) is 21. The predicted octanol–water partition coefficient (Wildman–Crippen LogP) is 15.7. The molecule has 6 bridgehead atoms. The molecule has 2 fully saturated rings. The maximum atomic E-state index is 13.6. The van der Waals surface area contributed by atoms with Crippen molar-refractivity contribution in [3.8, 4) is 17.1 Å². The number of aromatic nitrogens is 15. The number of piperidine rings is 2. The van der Waals surface area contributed by atoms with E-state index in [4.69, 9.17) is 15.0 Å². The largest absolute Gasteiger partial charge is 0.346 e. The highest BCUT2D eigenvalue weighted by Gasteiger charge is 2.29. The zero-order valence-electron chi connectivity index (χ0n) is 75.3. The zero-order valence-corrected chi connectivity index (χ0v) is 75.3. The van der Waals surface area contributed by atoms with E-state index in [1.807, 2.05) is 122 Å². The maximum absolute atomic E-state index is 13.6. The molecule has 20 rings (SSSR count). The first-order valence-electron chi connectivity index (χ1n) is 45.5. The number of hydrogen-bond donors (Lipinski definition) is 3. The smallest absolute Gasteiger partial charge is 0.278 e. The fraction of sp³-hybridized carbons (Fsp3) is 0.330. The molecule has 2 saturated heterocycles. The average molecular weight is 1760 g/mol. The van der Waals surface area contributed by atoms with Gasteiger partial charge in [0.15, 0.2) is 16.9 Å². The first kappa shape index (κ1) is 87.1. The summed E-state index contributed by atoms with van der Waals surface area (Å²) in [5.74, 6) is 1.27. The third kappa shape index (κ3) is 18.4. The Bertz CT molecular complexity index is 7130. The molecule has 15 aromatic rings. The van der Waals surface area contributed by atoms with Gasteiger partial charge in [0.25, 0.3) is 16.7 Å². The van der Waals surface area contributed by atoms with Gasteiger partial charge in [-0.1, -0.05) is 54.7 Å². The third-order valence-electron chi connectivity index (χ3n) is 25.6. The summed E-state index contributed by atoms with van der Waals surface area (Å²) in [6.07, 6.45) is 32.5. The number of nitrogens with one attached hydrogen (secondary N) is 3. The second kappa shape index (κ2) is 38.0. The number of benzene rings is 6. The number of allylic oxidation sites excluding steroid dienone is 6. The van der Waals surface area contributed by atoms with Crippen molar-refractivity contribution in [3.05, 3.63) is 250 Å². The van der Waals surface area contributed by atoms with Gasteiger partial charge in [-0.15, -0.1) is 0 Å². The second-order valence-corrected chi connectivity index (χ2v) is 34.9. The SMILES string of the molecule is CC(=O)N1CCC(n2ccc3cc(Nc4ncc5c(=O)n6n(c5n4)-c4cccc(c4)N(C(C)=O)CCCC=CC6)ccc32)CC1.CC(=O)N1CCCC=CCn2c(=O)c3cnc(Nc4ccc5c(ccn5C5CCN(C(C)C)CC5)c4)nc3n2-c2cccc1c2.CC(=O)N1CCCC=CCn2c(=O)c3cnc(Nc4ccc5c(ccn5CCN(C)C)c4)nc3n2-c2cccc1c2. The summed E-state index contributed by atoms with van der Waals surface area (Å²) in [5.41, 5.74) is 11.7. The van der Waals surface area contributed by atoms with Crippen LogP contribution in [0.5, 0.6) is 0 Å². The van der Waals surface area contributed by atoms with Crippen LogP contribution in [0.25, 0.3) is 82.9 Å². The molecule has 0 atom stereocenters. The van der Waals surface area contributed by atoms with Crippen LogP contribution in [-0.2, 0) is 45.4 Å². The summed E-state index contributed by atoms with van der Waals surface area (Å²) in [6.45, 7) is 19.7. The molecule has 4 amide bonds. The minimum absolute atomic E-state index is 0.0134. The molecular formula is C100H110N24O7. The van der Waals surface area contributed by atoms with E-state index in [2.05, 4.69) is 180 Å². The lowest BCUT2D eigenvalue weighted by atomic mass is 10.0. The van der Waals surface area contributed by atoms with Gasteiger partial charge in [-0.05, 0) is 220 Å². The van der Waals surface area contributed by atoms with Crippen molar-refractivity contribution in [2.75, 3.05) is 97.1 Å². The maximum Gasteiger partial charge on any atom is 0.278 e. The summed E-state index contributed by atoms with van der Waals surface area (Å²) >= 11 is 0. The molecule has 14 heterocycles. The number of carbonyl (C=O) groups is 4. The van der Waals surface area contributed by atoms with Crippen LogP contribution in [0.2, 0.25) is 0 Å². The number of likely N-dealkylation sites (tertiary alicyclic amines) is 2. The Hall–Kier alpha value is -14.6. The van der Waals surface area contributed by atoms with Crippen molar-refractivity contribution >= 4 is 141 Å². The molecule has 0 radical (unpaired) electrons. The van der Waals surface area contributed by atoms with Gasteiger partial charge in [-0.3, -0.25) is 33.6 Å². The first-order chi connectivity index (χ1) is 63.6. The molecule has 131 heavy (non-hydrogen) atoms. The van der Waals surface area contributed by atoms with E-state index in [1.54, 1.807) is 75.0 Å². The van der Waals surface area contributed by atoms with Crippen LogP contribution in [0.15, 0.2) is 234 Å². The topological polar surface area (TPSA) is 297 Å². The predicted molar refractivity (Wildman–Crippen MR) is 518 cm³/mol. The van der Waals surface area contributed by atoms with Crippen molar-refractivity contribution < 1.29 is 19.2 Å². The Morgan fingerprint density at radius 1 is 0.405 bits per heavy atom. The Kier molecular flexibility index (Phi) is 25.3. The molecule has 0 spiro atoms. The fourth-order valence-corrected chi connectivity index (χ4v) is 18.7. The molecule has 5 aliphatic rings. The molecule has 0 saturated carbocycles. The summed E-state index contributed by atoms with van der Waals surface area (Å²) in [5, 5.41) is 14.7. The van der Waals surface area contributed by atoms with Gasteiger partial charge in [-0.25, -0.2) is 43.0 Å². The highest BCUT2D eigenvalue weighted by molar-refractivity contribution is 5.95. The number of rotatable bonds is 12. The minimum Gasteiger partial charge on any atom is -0.346 e. The summed E-state index contributed by atoms with van der Waals surface area (Å²) in [7, 11) is 4.15. The lowest BCUT2D eigenvalue weighted by Gasteiger charge is -2.35. The van der Waals surface area contributed by atoms with E-state index in [-0.39, 0.29) is 40.3 Å². The van der Waals surface area contributed by atoms with E-state index in [1.165, 1.54) is 11.0 Å². The number of anilines is 9. The quantitative estimate of drug-likeness (QED) is 0.0957. The normalized spacial score (nSPS) is 15.5. The van der Waals surface area contributed by atoms with Crippen LogP contribution in [0.1, 0.15) is 118 Å². The number of amides is 4. The lowest BCUT2D eigenvalue weighted by Crippen LogP contribution is -2.38. The average Bonchev–Trinajstić information content (AvgIpc) is 1.61. The molecule has 9 aromatic heterocycles. The van der Waals surface area contributed by atoms with Crippen LogP contribution in [0.3, 0.4) is 0 Å². The summed E-state index contributed by atoms with van der Waals surface area (Å²) in [4.78, 5) is 130. The van der Waals surface area contributed by atoms with Crippen LogP contribution < -0.4 is 47.3 Å². The van der Waals surface area contributed by atoms with E-state index in [0.717, 1.165) is 176 Å². The van der Waals surface area contributed by atoms with Crippen LogP contribution >= 0.6 is 0 Å². The fourth-order valence-electron chi connectivity index (χ4n) is 18.7. The summed E-state index contributed by atoms with van der Waals surface area (Å²) < 4.78 is 17.5. The van der Waals surface area contributed by atoms with Crippen molar-refractivity contribution in [3.63, 3.8) is 0 Å². The van der Waals surface area contributed by atoms with Crippen LogP contribution in [-0.4, -0.2) is 183 Å². The third-order valence-corrected chi connectivity index (χ3v) is 25.6. The molecule has 6 aromatic carbocycles. The van der Waals surface area contributed by atoms with E-state index in [9.17, 15) is 33.6 Å². The van der Waals surface area contributed by atoms with Crippen LogP contribution in [0, 0.1) is 0 Å². The first-order valence-corrected chi connectivity index (χ1v) is 45.5. The molecule has 672 valence electrons. The Morgan fingerprint density at radius 3 is 1.11 bits per heavy atom. The van der Waals surface area contributed by atoms with Crippen molar-refractivity contribution in [2.45, 2.75) is 150 Å². The van der Waals surface area contributed by atoms with Crippen molar-refractivity contribution in [1.29, 1.82) is 0 Å². The molecule has 0 aliphatic carbocycles. The van der Waals surface area contributed by atoms with Gasteiger partial charge in [0.1, 0.15) is 16.2 Å². The molecule has 0 unspecified atom stereocenters. The van der Waals surface area contributed by atoms with Gasteiger partial charge < -0.3 is 59.1 Å².